The molecule has 29 heavy (non-hydrogen) atoms. The first-order valence-electron chi connectivity index (χ1n) is 9.21. The standard InChI is InChI=1S/C21H21FN4O3/c1-13(14-7-8-17-18(11-14)29-12-28-17)24-21(27)25-19(20-23-9-10-26(20)2)15-5-3-4-6-16(15)22/h3-11,13,19H,12H2,1-2H3,(H2,24,25,27). The van der Waals surface area contributed by atoms with Gasteiger partial charge in [0.25, 0.3) is 0 Å². The van der Waals surface area contributed by atoms with E-state index in [1.807, 2.05) is 25.1 Å². The Morgan fingerprint density at radius 2 is 1.97 bits per heavy atom. The predicted octanol–water partition coefficient (Wildman–Crippen LogP) is 3.44. The quantitative estimate of drug-likeness (QED) is 0.693. The van der Waals surface area contributed by atoms with E-state index in [9.17, 15) is 9.18 Å². The summed E-state index contributed by atoms with van der Waals surface area (Å²) in [5.41, 5.74) is 1.21. The number of urea groups is 1. The van der Waals surface area contributed by atoms with Gasteiger partial charge in [-0.05, 0) is 30.7 Å². The molecule has 2 unspecified atom stereocenters. The Kier molecular flexibility index (Phi) is 5.07. The van der Waals surface area contributed by atoms with E-state index >= 15 is 0 Å². The van der Waals surface area contributed by atoms with Crippen molar-refractivity contribution in [2.45, 2.75) is 19.0 Å². The van der Waals surface area contributed by atoms with E-state index in [-0.39, 0.29) is 12.8 Å². The molecule has 0 radical (unpaired) electrons. The van der Waals surface area contributed by atoms with Crippen LogP contribution in [0.25, 0.3) is 0 Å². The zero-order valence-corrected chi connectivity index (χ0v) is 16.1. The van der Waals surface area contributed by atoms with Gasteiger partial charge in [0.15, 0.2) is 11.5 Å². The maximum Gasteiger partial charge on any atom is 0.316 e. The summed E-state index contributed by atoms with van der Waals surface area (Å²) in [6.07, 6.45) is 3.36. The summed E-state index contributed by atoms with van der Waals surface area (Å²) in [5.74, 6) is 1.44. The number of nitrogens with zero attached hydrogens (tertiary/aromatic N) is 2. The smallest absolute Gasteiger partial charge is 0.316 e. The molecule has 1 aliphatic rings. The Labute approximate surface area is 167 Å². The van der Waals surface area contributed by atoms with Crippen molar-refractivity contribution in [3.63, 3.8) is 0 Å². The number of carbonyl (C=O) groups excluding carboxylic acids is 1. The second-order valence-electron chi connectivity index (χ2n) is 6.80. The summed E-state index contributed by atoms with van der Waals surface area (Å²) < 4.78 is 26.9. The lowest BCUT2D eigenvalue weighted by Crippen LogP contribution is -2.40. The highest BCUT2D eigenvalue weighted by Crippen LogP contribution is 2.34. The number of fused-ring (bicyclic) bond motifs is 1. The van der Waals surface area contributed by atoms with Crippen molar-refractivity contribution in [3.05, 3.63) is 77.6 Å². The fourth-order valence-electron chi connectivity index (χ4n) is 3.28. The number of amides is 2. The molecular formula is C21H21FN4O3. The number of carbonyl (C=O) groups is 1. The van der Waals surface area contributed by atoms with Gasteiger partial charge in [-0.2, -0.15) is 0 Å². The molecule has 0 fully saturated rings. The number of hydrogen-bond donors (Lipinski definition) is 2. The molecule has 4 rings (SSSR count). The van der Waals surface area contributed by atoms with Crippen LogP contribution in [0.4, 0.5) is 9.18 Å². The van der Waals surface area contributed by atoms with Gasteiger partial charge in [0.2, 0.25) is 6.79 Å². The van der Waals surface area contributed by atoms with Crippen molar-refractivity contribution in [2.75, 3.05) is 6.79 Å². The van der Waals surface area contributed by atoms with Crippen LogP contribution in [0.3, 0.4) is 0 Å². The molecule has 150 valence electrons. The average Bonchev–Trinajstić information content (AvgIpc) is 3.34. The minimum Gasteiger partial charge on any atom is -0.454 e. The highest BCUT2D eigenvalue weighted by Gasteiger charge is 2.24. The summed E-state index contributed by atoms with van der Waals surface area (Å²) in [6, 6.07) is 10.4. The van der Waals surface area contributed by atoms with Crippen molar-refractivity contribution < 1.29 is 18.7 Å². The van der Waals surface area contributed by atoms with E-state index in [1.54, 1.807) is 42.2 Å². The number of rotatable bonds is 5. The molecular weight excluding hydrogens is 375 g/mol. The molecule has 0 aliphatic carbocycles. The van der Waals surface area contributed by atoms with E-state index < -0.39 is 17.9 Å². The molecule has 3 aromatic rings. The molecule has 2 aromatic carbocycles. The van der Waals surface area contributed by atoms with Gasteiger partial charge in [-0.3, -0.25) is 0 Å². The number of aryl methyl sites for hydroxylation is 1. The van der Waals surface area contributed by atoms with E-state index in [4.69, 9.17) is 9.47 Å². The largest absolute Gasteiger partial charge is 0.454 e. The third-order valence-corrected chi connectivity index (χ3v) is 4.85. The van der Waals surface area contributed by atoms with E-state index in [0.29, 0.717) is 22.9 Å². The van der Waals surface area contributed by atoms with Crippen molar-refractivity contribution in [3.8, 4) is 11.5 Å². The van der Waals surface area contributed by atoms with Crippen LogP contribution in [-0.4, -0.2) is 22.4 Å². The molecule has 2 heterocycles. The normalized spacial score (nSPS) is 14.3. The molecule has 0 bridgehead atoms. The highest BCUT2D eigenvalue weighted by atomic mass is 19.1. The lowest BCUT2D eigenvalue weighted by molar-refractivity contribution is 0.174. The van der Waals surface area contributed by atoms with Crippen LogP contribution in [0.1, 0.15) is 36.0 Å². The van der Waals surface area contributed by atoms with Gasteiger partial charge in [0.05, 0.1) is 6.04 Å². The number of ether oxygens (including phenoxy) is 2. The fraction of sp³-hybridized carbons (Fsp3) is 0.238. The third kappa shape index (κ3) is 3.87. The van der Waals surface area contributed by atoms with Crippen LogP contribution in [-0.2, 0) is 7.05 Å². The second kappa shape index (κ2) is 7.83. The molecule has 8 heteroatoms. The van der Waals surface area contributed by atoms with Crippen LogP contribution in [0.5, 0.6) is 11.5 Å². The van der Waals surface area contributed by atoms with E-state index in [0.717, 1.165) is 5.56 Å². The summed E-state index contributed by atoms with van der Waals surface area (Å²) in [5, 5.41) is 5.72. The van der Waals surface area contributed by atoms with Gasteiger partial charge in [-0.25, -0.2) is 14.2 Å². The molecule has 1 aliphatic heterocycles. The molecule has 2 atom stereocenters. The number of imidazole rings is 1. The van der Waals surface area contributed by atoms with E-state index in [1.165, 1.54) is 6.07 Å². The number of hydrogen-bond acceptors (Lipinski definition) is 4. The molecule has 1 aromatic heterocycles. The highest BCUT2D eigenvalue weighted by molar-refractivity contribution is 5.75. The average molecular weight is 396 g/mol. The second-order valence-corrected chi connectivity index (χ2v) is 6.80. The number of halogens is 1. The maximum atomic E-state index is 14.4. The number of nitrogens with one attached hydrogen (secondary N) is 2. The molecule has 2 N–H and O–H groups in total. The summed E-state index contributed by atoms with van der Waals surface area (Å²) in [7, 11) is 1.80. The van der Waals surface area contributed by atoms with Crippen LogP contribution < -0.4 is 20.1 Å². The Balaban J connectivity index is 1.52. The SMILES string of the molecule is CC(NC(=O)NC(c1ccccc1F)c1nccn1C)c1ccc2c(c1)OCO2. The van der Waals surface area contributed by atoms with Crippen LogP contribution in [0, 0.1) is 5.82 Å². The molecule has 2 amide bonds. The van der Waals surface area contributed by atoms with Gasteiger partial charge in [-0.15, -0.1) is 0 Å². The first kappa shape index (κ1) is 18.8. The van der Waals surface area contributed by atoms with Crippen molar-refractivity contribution >= 4 is 6.03 Å². The first-order valence-corrected chi connectivity index (χ1v) is 9.21. The topological polar surface area (TPSA) is 77.4 Å². The molecule has 0 saturated carbocycles. The lowest BCUT2D eigenvalue weighted by Gasteiger charge is -2.22. The van der Waals surface area contributed by atoms with Crippen LogP contribution >= 0.6 is 0 Å². The lowest BCUT2D eigenvalue weighted by atomic mass is 10.1. The minimum atomic E-state index is -0.736. The zero-order valence-electron chi connectivity index (χ0n) is 16.1. The Morgan fingerprint density at radius 1 is 1.17 bits per heavy atom. The number of benzene rings is 2. The summed E-state index contributed by atoms with van der Waals surface area (Å²) in [6.45, 7) is 2.05. The number of aromatic nitrogens is 2. The summed E-state index contributed by atoms with van der Waals surface area (Å²) in [4.78, 5) is 17.0. The Morgan fingerprint density at radius 3 is 2.72 bits per heavy atom. The van der Waals surface area contributed by atoms with Crippen molar-refractivity contribution in [1.82, 2.24) is 20.2 Å². The van der Waals surface area contributed by atoms with Gasteiger partial charge < -0.3 is 24.7 Å². The van der Waals surface area contributed by atoms with Crippen molar-refractivity contribution in [2.24, 2.45) is 7.05 Å². The Bertz CT molecular complexity index is 1040. The molecule has 0 spiro atoms. The third-order valence-electron chi connectivity index (χ3n) is 4.85. The van der Waals surface area contributed by atoms with Crippen LogP contribution in [0.15, 0.2) is 54.9 Å². The van der Waals surface area contributed by atoms with Gasteiger partial charge >= 0.3 is 6.03 Å². The Hall–Kier alpha value is -3.55. The van der Waals surface area contributed by atoms with Crippen LogP contribution in [0.2, 0.25) is 0 Å². The minimum absolute atomic E-state index is 0.190. The van der Waals surface area contributed by atoms with Crippen molar-refractivity contribution in [1.29, 1.82) is 0 Å². The maximum absolute atomic E-state index is 14.4. The monoisotopic (exact) mass is 396 g/mol. The molecule has 0 saturated heterocycles. The van der Waals surface area contributed by atoms with Gasteiger partial charge in [0, 0.05) is 25.0 Å². The first-order chi connectivity index (χ1) is 14.0. The fourth-order valence-corrected chi connectivity index (χ4v) is 3.28. The predicted molar refractivity (Wildman–Crippen MR) is 104 cm³/mol. The zero-order chi connectivity index (χ0) is 20.4. The van der Waals surface area contributed by atoms with Gasteiger partial charge in [-0.1, -0.05) is 24.3 Å². The summed E-state index contributed by atoms with van der Waals surface area (Å²) >= 11 is 0. The van der Waals surface area contributed by atoms with E-state index in [2.05, 4.69) is 15.6 Å². The van der Waals surface area contributed by atoms with Gasteiger partial charge in [0.1, 0.15) is 17.7 Å². The molecule has 7 nitrogen and oxygen atoms in total.